The highest BCUT2D eigenvalue weighted by molar-refractivity contribution is 7.89. The van der Waals surface area contributed by atoms with Crippen molar-refractivity contribution in [2.75, 3.05) is 0 Å². The normalized spacial score (nSPS) is 13.0. The van der Waals surface area contributed by atoms with Gasteiger partial charge < -0.3 is 0 Å². The fourth-order valence-corrected chi connectivity index (χ4v) is 3.03. The van der Waals surface area contributed by atoms with E-state index in [2.05, 4.69) is 30.7 Å². The first-order chi connectivity index (χ1) is 11.1. The van der Waals surface area contributed by atoms with E-state index in [9.17, 15) is 8.42 Å². The lowest BCUT2D eigenvalue weighted by Crippen LogP contribution is -2.20. The van der Waals surface area contributed by atoms with E-state index in [4.69, 9.17) is 0 Å². The van der Waals surface area contributed by atoms with Crippen molar-refractivity contribution in [3.05, 3.63) is 65.2 Å². The molecular weight excluding hydrogens is 320 g/mol. The van der Waals surface area contributed by atoms with Crippen LogP contribution >= 0.6 is 0 Å². The van der Waals surface area contributed by atoms with Gasteiger partial charge in [0.1, 0.15) is 0 Å². The summed E-state index contributed by atoms with van der Waals surface area (Å²) in [6.07, 6.45) is 0. The molecule has 0 aromatic heterocycles. The van der Waals surface area contributed by atoms with Crippen molar-refractivity contribution in [2.24, 2.45) is 5.10 Å². The van der Waals surface area contributed by atoms with Crippen molar-refractivity contribution >= 4 is 15.7 Å². The number of hydrazone groups is 1. The van der Waals surface area contributed by atoms with E-state index in [0.717, 1.165) is 11.1 Å². The Morgan fingerprint density at radius 3 is 2.00 bits per heavy atom. The van der Waals surface area contributed by atoms with Crippen LogP contribution in [0.5, 0.6) is 0 Å². The van der Waals surface area contributed by atoms with Crippen molar-refractivity contribution < 1.29 is 8.42 Å². The molecule has 4 nitrogen and oxygen atoms in total. The van der Waals surface area contributed by atoms with E-state index in [-0.39, 0.29) is 10.3 Å². The van der Waals surface area contributed by atoms with Crippen molar-refractivity contribution in [2.45, 2.75) is 44.9 Å². The summed E-state index contributed by atoms with van der Waals surface area (Å²) in [4.78, 5) is 2.50. The molecule has 5 heteroatoms. The second-order valence-corrected chi connectivity index (χ2v) is 8.59. The first-order valence-electron chi connectivity index (χ1n) is 7.83. The summed E-state index contributed by atoms with van der Waals surface area (Å²) >= 11 is 0. The zero-order valence-electron chi connectivity index (χ0n) is 14.8. The van der Waals surface area contributed by atoms with Crippen LogP contribution in [0.2, 0.25) is 0 Å². The molecule has 0 saturated carbocycles. The van der Waals surface area contributed by atoms with Crippen LogP contribution in [-0.2, 0) is 15.4 Å². The predicted molar refractivity (Wildman–Crippen MR) is 98.9 cm³/mol. The number of nitrogens with zero attached hydrogens (tertiary/aromatic N) is 1. The van der Waals surface area contributed by atoms with Gasteiger partial charge in [0.15, 0.2) is 0 Å². The number of nitrogens with one attached hydrogen (secondary N) is 1. The molecule has 0 unspecified atom stereocenters. The average Bonchev–Trinajstić information content (AvgIpc) is 2.52. The molecule has 24 heavy (non-hydrogen) atoms. The monoisotopic (exact) mass is 344 g/mol. The van der Waals surface area contributed by atoms with Crippen LogP contribution in [0.1, 0.15) is 44.4 Å². The van der Waals surface area contributed by atoms with Crippen molar-refractivity contribution in [3.63, 3.8) is 0 Å². The summed E-state index contributed by atoms with van der Waals surface area (Å²) in [6, 6.07) is 14.7. The fourth-order valence-electron chi connectivity index (χ4n) is 2.17. The van der Waals surface area contributed by atoms with Gasteiger partial charge in [-0.05, 0) is 42.5 Å². The first kappa shape index (κ1) is 18.2. The van der Waals surface area contributed by atoms with Gasteiger partial charge in [-0.3, -0.25) is 0 Å². The summed E-state index contributed by atoms with van der Waals surface area (Å²) < 4.78 is 24.5. The number of rotatable bonds is 4. The van der Waals surface area contributed by atoms with Gasteiger partial charge in [-0.25, -0.2) is 0 Å². The highest BCUT2D eigenvalue weighted by Gasteiger charge is 2.14. The van der Waals surface area contributed by atoms with Crippen LogP contribution in [0.4, 0.5) is 0 Å². The minimum Gasteiger partial charge on any atom is -0.200 e. The smallest absolute Gasteiger partial charge is 0.200 e. The van der Waals surface area contributed by atoms with E-state index in [1.165, 1.54) is 5.56 Å². The molecule has 0 radical (unpaired) electrons. The third-order valence-electron chi connectivity index (χ3n) is 3.83. The Labute approximate surface area is 144 Å². The molecule has 0 fully saturated rings. The third-order valence-corrected chi connectivity index (χ3v) is 5.06. The minimum atomic E-state index is -3.65. The van der Waals surface area contributed by atoms with Gasteiger partial charge in [-0.1, -0.05) is 62.7 Å². The Morgan fingerprint density at radius 1 is 0.958 bits per heavy atom. The highest BCUT2D eigenvalue weighted by atomic mass is 32.2. The first-order valence-corrected chi connectivity index (χ1v) is 9.31. The molecule has 0 bridgehead atoms. The van der Waals surface area contributed by atoms with Gasteiger partial charge in [0.05, 0.1) is 10.6 Å². The minimum absolute atomic E-state index is 0.0800. The van der Waals surface area contributed by atoms with E-state index in [1.807, 2.05) is 31.2 Å². The number of benzene rings is 2. The molecule has 0 heterocycles. The average molecular weight is 344 g/mol. The molecule has 2 aromatic rings. The molecule has 0 amide bonds. The number of hydrogen-bond donors (Lipinski definition) is 1. The van der Waals surface area contributed by atoms with E-state index in [0.29, 0.717) is 5.71 Å². The molecule has 0 aliphatic heterocycles. The second kappa shape index (κ2) is 6.77. The molecule has 2 aromatic carbocycles. The van der Waals surface area contributed by atoms with Gasteiger partial charge in [0.2, 0.25) is 0 Å². The van der Waals surface area contributed by atoms with Gasteiger partial charge in [0.25, 0.3) is 10.0 Å². The van der Waals surface area contributed by atoms with Crippen molar-refractivity contribution in [1.29, 1.82) is 0 Å². The summed E-state index contributed by atoms with van der Waals surface area (Å²) in [5, 5.41) is 4.04. The zero-order valence-corrected chi connectivity index (χ0v) is 15.6. The number of hydrogen-bond acceptors (Lipinski definition) is 3. The van der Waals surface area contributed by atoms with Crippen LogP contribution in [0, 0.1) is 6.92 Å². The van der Waals surface area contributed by atoms with Gasteiger partial charge in [-0.15, -0.1) is 0 Å². The maximum Gasteiger partial charge on any atom is 0.276 e. The standard InChI is InChI=1S/C19H24N2O2S/c1-14-6-12-18(13-7-14)24(22,23)21-20-15(2)16-8-10-17(11-9-16)19(3,4)5/h6-13,21H,1-5H3/b20-15-. The maximum atomic E-state index is 12.2. The maximum absolute atomic E-state index is 12.2. The number of aryl methyl sites for hydroxylation is 1. The summed E-state index contributed by atoms with van der Waals surface area (Å²) in [7, 11) is -3.65. The SMILES string of the molecule is C/C(=N/NS(=O)(=O)c1ccc(C)cc1)c1ccc(C(C)(C)C)cc1. The molecule has 0 saturated heterocycles. The van der Waals surface area contributed by atoms with Crippen molar-refractivity contribution in [1.82, 2.24) is 4.83 Å². The topological polar surface area (TPSA) is 58.5 Å². The molecule has 0 atom stereocenters. The van der Waals surface area contributed by atoms with Crippen LogP contribution in [-0.4, -0.2) is 14.1 Å². The van der Waals surface area contributed by atoms with E-state index < -0.39 is 10.0 Å². The summed E-state index contributed by atoms with van der Waals surface area (Å²) in [6.45, 7) is 10.1. The fraction of sp³-hybridized carbons (Fsp3) is 0.316. The zero-order chi connectivity index (χ0) is 18.0. The molecule has 1 N–H and O–H groups in total. The van der Waals surface area contributed by atoms with Gasteiger partial charge in [-0.2, -0.15) is 18.4 Å². The van der Waals surface area contributed by atoms with E-state index >= 15 is 0 Å². The Bertz CT molecular complexity index is 828. The van der Waals surface area contributed by atoms with Gasteiger partial charge in [0, 0.05) is 0 Å². The molecule has 0 aliphatic carbocycles. The molecule has 0 aliphatic rings. The molecule has 2 rings (SSSR count). The van der Waals surface area contributed by atoms with Crippen molar-refractivity contribution in [3.8, 4) is 0 Å². The summed E-state index contributed by atoms with van der Waals surface area (Å²) in [5.41, 5.74) is 3.81. The van der Waals surface area contributed by atoms with Crippen LogP contribution in [0.15, 0.2) is 58.5 Å². The van der Waals surface area contributed by atoms with Crippen LogP contribution in [0.3, 0.4) is 0 Å². The molecule has 0 spiro atoms. The van der Waals surface area contributed by atoms with Crippen LogP contribution in [0.25, 0.3) is 0 Å². The summed E-state index contributed by atoms with van der Waals surface area (Å²) in [5.74, 6) is 0. The Hall–Kier alpha value is -2.14. The third kappa shape index (κ3) is 4.45. The number of sulfonamides is 1. The van der Waals surface area contributed by atoms with E-state index in [1.54, 1.807) is 31.2 Å². The lowest BCUT2D eigenvalue weighted by Gasteiger charge is -2.19. The Balaban J connectivity index is 2.17. The Morgan fingerprint density at radius 2 is 1.50 bits per heavy atom. The molecule has 128 valence electrons. The predicted octanol–water partition coefficient (Wildman–Crippen LogP) is 4.00. The molecular formula is C19H24N2O2S. The Kier molecular flexibility index (Phi) is 5.13. The quantitative estimate of drug-likeness (QED) is 0.673. The highest BCUT2D eigenvalue weighted by Crippen LogP contribution is 2.22. The lowest BCUT2D eigenvalue weighted by molar-refractivity contribution is 0.584. The van der Waals surface area contributed by atoms with Crippen LogP contribution < -0.4 is 4.83 Å². The lowest BCUT2D eigenvalue weighted by atomic mass is 9.86. The van der Waals surface area contributed by atoms with Gasteiger partial charge >= 0.3 is 0 Å². The second-order valence-electron chi connectivity index (χ2n) is 6.93. The largest absolute Gasteiger partial charge is 0.276 e.